The van der Waals surface area contributed by atoms with Gasteiger partial charge in [0, 0.05) is 12.5 Å². The topological polar surface area (TPSA) is 27.7 Å². The Morgan fingerprint density at radius 2 is 1.50 bits per heavy atom. The molecule has 0 fully saturated rings. The van der Waals surface area contributed by atoms with Gasteiger partial charge in [-0.2, -0.15) is 13.2 Å². The molecule has 0 amide bonds. The first-order valence-corrected chi connectivity index (χ1v) is 10.2. The molecule has 30 heavy (non-hydrogen) atoms. The van der Waals surface area contributed by atoms with Crippen LogP contribution in [0.15, 0.2) is 47.0 Å². The number of halogens is 7. The van der Waals surface area contributed by atoms with Crippen LogP contribution in [0.4, 0.5) is 13.2 Å². The van der Waals surface area contributed by atoms with E-state index < -0.39 is 12.8 Å². The van der Waals surface area contributed by atoms with E-state index >= 15 is 0 Å². The van der Waals surface area contributed by atoms with Crippen molar-refractivity contribution in [2.75, 3.05) is 19.8 Å². The van der Waals surface area contributed by atoms with Crippen molar-refractivity contribution < 1.29 is 27.4 Å². The van der Waals surface area contributed by atoms with Gasteiger partial charge in [-0.05, 0) is 42.3 Å². The highest BCUT2D eigenvalue weighted by Crippen LogP contribution is 2.34. The van der Waals surface area contributed by atoms with Gasteiger partial charge >= 0.3 is 6.18 Å². The lowest BCUT2D eigenvalue weighted by molar-refractivity contribution is -0.153. The zero-order valence-corrected chi connectivity index (χ0v) is 18.5. The fraction of sp³-hybridized carbons (Fsp3) is 0.300. The van der Waals surface area contributed by atoms with Gasteiger partial charge in [0.15, 0.2) is 12.4 Å². The van der Waals surface area contributed by atoms with Gasteiger partial charge in [0.05, 0.1) is 23.3 Å². The largest absolute Gasteiger partial charge is 0.493 e. The molecule has 164 valence electrons. The van der Waals surface area contributed by atoms with Crippen molar-refractivity contribution in [3.8, 4) is 17.2 Å². The van der Waals surface area contributed by atoms with Crippen molar-refractivity contribution in [3.05, 3.63) is 62.6 Å². The molecule has 0 N–H and O–H groups in total. The molecular formula is C20H17Cl4F3O3. The van der Waals surface area contributed by atoms with Crippen LogP contribution in [0.3, 0.4) is 0 Å². The Morgan fingerprint density at radius 1 is 0.900 bits per heavy atom. The maximum atomic E-state index is 12.2. The van der Waals surface area contributed by atoms with Crippen LogP contribution < -0.4 is 14.2 Å². The number of alkyl halides is 3. The zero-order valence-electron chi connectivity index (χ0n) is 15.4. The van der Waals surface area contributed by atoms with Crippen molar-refractivity contribution in [3.63, 3.8) is 0 Å². The number of hydrogen-bond donors (Lipinski definition) is 0. The van der Waals surface area contributed by atoms with Crippen molar-refractivity contribution in [2.24, 2.45) is 0 Å². The maximum Gasteiger partial charge on any atom is 0.422 e. The van der Waals surface area contributed by atoms with E-state index in [4.69, 9.17) is 55.9 Å². The van der Waals surface area contributed by atoms with Gasteiger partial charge in [-0.15, -0.1) is 0 Å². The zero-order chi connectivity index (χ0) is 22.1. The van der Waals surface area contributed by atoms with Gasteiger partial charge in [0.2, 0.25) is 0 Å². The average Bonchev–Trinajstić information content (AvgIpc) is 2.66. The minimum Gasteiger partial charge on any atom is -0.493 e. The van der Waals surface area contributed by atoms with Crippen LogP contribution in [-0.2, 0) is 6.42 Å². The van der Waals surface area contributed by atoms with E-state index in [-0.39, 0.29) is 23.5 Å². The Labute approximate surface area is 192 Å². The smallest absolute Gasteiger partial charge is 0.422 e. The summed E-state index contributed by atoms with van der Waals surface area (Å²) >= 11 is 23.6. The summed E-state index contributed by atoms with van der Waals surface area (Å²) in [6.07, 6.45) is -1.82. The van der Waals surface area contributed by atoms with Gasteiger partial charge in [-0.3, -0.25) is 0 Å². The molecule has 0 aliphatic carbocycles. The predicted octanol–water partition coefficient (Wildman–Crippen LogP) is 7.64. The highest BCUT2D eigenvalue weighted by Gasteiger charge is 2.28. The average molecular weight is 504 g/mol. The second kappa shape index (κ2) is 11.8. The van der Waals surface area contributed by atoms with Gasteiger partial charge in [0.1, 0.15) is 16.0 Å². The quantitative estimate of drug-likeness (QED) is 0.312. The second-order valence-electron chi connectivity index (χ2n) is 6.02. The molecule has 0 aliphatic rings. The van der Waals surface area contributed by atoms with Gasteiger partial charge in [-0.25, -0.2) is 0 Å². The molecule has 0 spiro atoms. The monoisotopic (exact) mass is 502 g/mol. The normalized spacial score (nSPS) is 11.2. The van der Waals surface area contributed by atoms with Crippen molar-refractivity contribution >= 4 is 46.4 Å². The molecule has 10 heteroatoms. The Bertz CT molecular complexity index is 846. The minimum absolute atomic E-state index is 0.0741. The van der Waals surface area contributed by atoms with E-state index in [1.807, 2.05) is 0 Å². The van der Waals surface area contributed by atoms with Crippen molar-refractivity contribution in [1.82, 2.24) is 0 Å². The minimum atomic E-state index is -4.40. The molecule has 2 aromatic rings. The van der Waals surface area contributed by atoms with E-state index in [1.54, 1.807) is 30.3 Å². The van der Waals surface area contributed by atoms with E-state index in [0.717, 1.165) is 5.56 Å². The lowest BCUT2D eigenvalue weighted by atomic mass is 10.1. The van der Waals surface area contributed by atoms with Gasteiger partial charge in [0.25, 0.3) is 0 Å². The Balaban J connectivity index is 1.80. The van der Waals surface area contributed by atoms with Crippen LogP contribution >= 0.6 is 46.4 Å². The summed E-state index contributed by atoms with van der Waals surface area (Å²) in [5.41, 5.74) is 0.826. The number of benzene rings is 2. The molecule has 0 aromatic heterocycles. The van der Waals surface area contributed by atoms with Crippen LogP contribution in [-0.4, -0.2) is 26.0 Å². The van der Waals surface area contributed by atoms with Gasteiger partial charge < -0.3 is 14.2 Å². The maximum absolute atomic E-state index is 12.2. The molecule has 0 saturated carbocycles. The fourth-order valence-corrected chi connectivity index (χ4v) is 3.10. The molecule has 0 bridgehead atoms. The fourth-order valence-electron chi connectivity index (χ4n) is 2.31. The summed E-state index contributed by atoms with van der Waals surface area (Å²) < 4.78 is 52.6. The Kier molecular flexibility index (Phi) is 9.75. The van der Waals surface area contributed by atoms with Crippen LogP contribution in [0.1, 0.15) is 12.0 Å². The third kappa shape index (κ3) is 9.13. The molecule has 0 aliphatic heterocycles. The summed E-state index contributed by atoms with van der Waals surface area (Å²) in [5.74, 6) is 0.816. The summed E-state index contributed by atoms with van der Waals surface area (Å²) in [7, 11) is 0. The van der Waals surface area contributed by atoms with Crippen LogP contribution in [0.25, 0.3) is 0 Å². The highest BCUT2D eigenvalue weighted by molar-refractivity contribution is 6.55. The summed E-state index contributed by atoms with van der Waals surface area (Å²) in [6, 6.07) is 9.39. The van der Waals surface area contributed by atoms with E-state index in [9.17, 15) is 13.2 Å². The molecular weight excluding hydrogens is 487 g/mol. The molecule has 3 nitrogen and oxygen atoms in total. The van der Waals surface area contributed by atoms with E-state index in [1.165, 1.54) is 12.1 Å². The SMILES string of the molecule is FC(F)(F)COc1cccc(OCCCOc2c(Cl)cc(CC=C(Cl)Cl)cc2Cl)c1. The lowest BCUT2D eigenvalue weighted by Gasteiger charge is -2.13. The predicted molar refractivity (Wildman–Crippen MR) is 114 cm³/mol. The number of allylic oxidation sites excluding steroid dienone is 1. The van der Waals surface area contributed by atoms with Gasteiger partial charge in [-0.1, -0.05) is 52.5 Å². The third-order valence-electron chi connectivity index (χ3n) is 3.56. The number of ether oxygens (including phenoxy) is 3. The van der Waals surface area contributed by atoms with E-state index in [0.29, 0.717) is 34.4 Å². The Hall–Kier alpha value is -1.47. The summed E-state index contributed by atoms with van der Waals surface area (Å²) in [5, 5.41) is 0.707. The lowest BCUT2D eigenvalue weighted by Crippen LogP contribution is -2.19. The summed E-state index contributed by atoms with van der Waals surface area (Å²) in [4.78, 5) is 0. The number of rotatable bonds is 10. The first-order valence-electron chi connectivity index (χ1n) is 8.68. The molecule has 0 radical (unpaired) electrons. The first kappa shape index (κ1) is 24.8. The third-order valence-corrected chi connectivity index (χ3v) is 4.43. The van der Waals surface area contributed by atoms with Crippen LogP contribution in [0, 0.1) is 0 Å². The Morgan fingerprint density at radius 3 is 2.10 bits per heavy atom. The van der Waals surface area contributed by atoms with Crippen molar-refractivity contribution in [2.45, 2.75) is 19.0 Å². The first-order chi connectivity index (χ1) is 14.1. The van der Waals surface area contributed by atoms with Crippen LogP contribution in [0.2, 0.25) is 10.0 Å². The second-order valence-corrected chi connectivity index (χ2v) is 7.84. The van der Waals surface area contributed by atoms with Crippen LogP contribution in [0.5, 0.6) is 17.2 Å². The molecule has 0 atom stereocenters. The number of hydrogen-bond acceptors (Lipinski definition) is 3. The standard InChI is InChI=1S/C20H17Cl4F3O3/c21-16-9-13(5-6-18(23)24)10-17(22)19(16)29-8-2-7-28-14-3-1-4-15(11-14)30-12-20(25,26)27/h1,3-4,6,9-11H,2,5,7-8,12H2. The molecule has 0 heterocycles. The highest BCUT2D eigenvalue weighted by atomic mass is 35.5. The molecule has 2 aromatic carbocycles. The molecule has 0 unspecified atom stereocenters. The molecule has 2 rings (SSSR count). The van der Waals surface area contributed by atoms with E-state index in [2.05, 4.69) is 4.74 Å². The summed E-state index contributed by atoms with van der Waals surface area (Å²) in [6.45, 7) is -0.814. The van der Waals surface area contributed by atoms with Crippen molar-refractivity contribution in [1.29, 1.82) is 0 Å². The molecule has 0 saturated heterocycles.